The highest BCUT2D eigenvalue weighted by Crippen LogP contribution is 2.26. The highest BCUT2D eigenvalue weighted by molar-refractivity contribution is 5.72. The van der Waals surface area contributed by atoms with Gasteiger partial charge in [0.15, 0.2) is 0 Å². The molecule has 1 aromatic rings. The zero-order valence-corrected chi connectivity index (χ0v) is 12.8. The van der Waals surface area contributed by atoms with Crippen molar-refractivity contribution in [2.75, 3.05) is 13.2 Å². The molecule has 0 unspecified atom stereocenters. The second-order valence-corrected chi connectivity index (χ2v) is 5.98. The van der Waals surface area contributed by atoms with Gasteiger partial charge in [0, 0.05) is 12.6 Å². The third-order valence-corrected chi connectivity index (χ3v) is 4.30. The van der Waals surface area contributed by atoms with Crippen LogP contribution < -0.4 is 5.73 Å². The molecule has 1 fully saturated rings. The summed E-state index contributed by atoms with van der Waals surface area (Å²) in [4.78, 5) is 13.4. The Morgan fingerprint density at radius 3 is 2.52 bits per heavy atom. The first kappa shape index (κ1) is 15.8. The Labute approximate surface area is 127 Å². The van der Waals surface area contributed by atoms with Gasteiger partial charge in [0.05, 0.1) is 13.2 Å². The molecule has 0 atom stereocenters. The van der Waals surface area contributed by atoms with Crippen LogP contribution in [0.2, 0.25) is 0 Å². The Balaban J connectivity index is 1.74. The van der Waals surface area contributed by atoms with Crippen LogP contribution in [0.3, 0.4) is 0 Å². The molecular weight excluding hydrogens is 264 g/mol. The van der Waals surface area contributed by atoms with E-state index in [1.54, 1.807) is 4.90 Å². The van der Waals surface area contributed by atoms with Crippen LogP contribution in [0, 0.1) is 5.92 Å². The molecule has 0 saturated heterocycles. The Morgan fingerprint density at radius 2 is 1.90 bits per heavy atom. The van der Waals surface area contributed by atoms with E-state index in [4.69, 9.17) is 10.5 Å². The van der Waals surface area contributed by atoms with Crippen LogP contribution in [0.15, 0.2) is 30.3 Å². The number of ether oxygens (including phenoxy) is 1. The van der Waals surface area contributed by atoms with Crippen LogP contribution in [-0.4, -0.2) is 30.1 Å². The number of urea groups is 1. The van der Waals surface area contributed by atoms with Crippen molar-refractivity contribution in [2.45, 2.75) is 45.3 Å². The molecule has 0 bridgehead atoms. The fraction of sp³-hybridized carbons (Fsp3) is 0.588. The molecular formula is C17H26N2O2. The number of benzene rings is 1. The van der Waals surface area contributed by atoms with Crippen molar-refractivity contribution in [2.24, 2.45) is 11.7 Å². The predicted octanol–water partition coefficient (Wildman–Crippen LogP) is 3.16. The van der Waals surface area contributed by atoms with Gasteiger partial charge in [-0.2, -0.15) is 0 Å². The molecule has 0 heterocycles. The van der Waals surface area contributed by atoms with Gasteiger partial charge in [0.25, 0.3) is 0 Å². The molecule has 2 N–H and O–H groups in total. The summed E-state index contributed by atoms with van der Waals surface area (Å²) >= 11 is 0. The lowest BCUT2D eigenvalue weighted by molar-refractivity contribution is 0.0802. The van der Waals surface area contributed by atoms with Crippen LogP contribution in [0.1, 0.15) is 38.2 Å². The second-order valence-electron chi connectivity index (χ2n) is 5.98. The van der Waals surface area contributed by atoms with E-state index in [1.165, 1.54) is 12.8 Å². The molecule has 4 heteroatoms. The SMILES string of the molecule is C[C@H]1CC[C@H](N(CCOCc2ccccc2)C(N)=O)CC1. The lowest BCUT2D eigenvalue weighted by Crippen LogP contribution is -2.46. The van der Waals surface area contributed by atoms with Crippen molar-refractivity contribution in [1.29, 1.82) is 0 Å². The van der Waals surface area contributed by atoms with E-state index >= 15 is 0 Å². The molecule has 1 aliphatic rings. The maximum atomic E-state index is 11.6. The molecule has 0 spiro atoms. The lowest BCUT2D eigenvalue weighted by atomic mass is 9.86. The standard InChI is InChI=1S/C17H26N2O2/c1-14-7-9-16(10-8-14)19(17(18)20)11-12-21-13-15-5-3-2-4-6-15/h2-6,14,16H,7-13H2,1H3,(H2,18,20)/t14-,16-. The third-order valence-electron chi connectivity index (χ3n) is 4.30. The highest BCUT2D eigenvalue weighted by atomic mass is 16.5. The van der Waals surface area contributed by atoms with Gasteiger partial charge in [-0.1, -0.05) is 37.3 Å². The number of nitrogens with two attached hydrogens (primary N) is 1. The summed E-state index contributed by atoms with van der Waals surface area (Å²) < 4.78 is 5.66. The summed E-state index contributed by atoms with van der Waals surface area (Å²) in [5, 5.41) is 0. The largest absolute Gasteiger partial charge is 0.375 e. The van der Waals surface area contributed by atoms with E-state index < -0.39 is 0 Å². The minimum atomic E-state index is -0.321. The van der Waals surface area contributed by atoms with Gasteiger partial charge in [-0.3, -0.25) is 0 Å². The first-order valence-corrected chi connectivity index (χ1v) is 7.84. The molecule has 2 rings (SSSR count). The number of primary amides is 1. The number of hydrogen-bond acceptors (Lipinski definition) is 2. The molecule has 1 saturated carbocycles. The van der Waals surface area contributed by atoms with Gasteiger partial charge in [0.2, 0.25) is 0 Å². The molecule has 1 aromatic carbocycles. The fourth-order valence-electron chi connectivity index (χ4n) is 2.95. The summed E-state index contributed by atoms with van der Waals surface area (Å²) in [6.45, 7) is 3.97. The van der Waals surface area contributed by atoms with E-state index in [0.29, 0.717) is 25.8 Å². The van der Waals surface area contributed by atoms with Crippen LogP contribution in [0.25, 0.3) is 0 Å². The average molecular weight is 290 g/mol. The van der Waals surface area contributed by atoms with Crippen molar-refractivity contribution < 1.29 is 9.53 Å². The first-order chi connectivity index (χ1) is 10.2. The fourth-order valence-corrected chi connectivity index (χ4v) is 2.95. The zero-order valence-electron chi connectivity index (χ0n) is 12.8. The smallest absolute Gasteiger partial charge is 0.315 e. The molecule has 21 heavy (non-hydrogen) atoms. The lowest BCUT2D eigenvalue weighted by Gasteiger charge is -2.35. The van der Waals surface area contributed by atoms with Gasteiger partial charge >= 0.3 is 6.03 Å². The summed E-state index contributed by atoms with van der Waals surface area (Å²) in [6, 6.07) is 10.0. The van der Waals surface area contributed by atoms with E-state index in [1.807, 2.05) is 30.3 Å². The quantitative estimate of drug-likeness (QED) is 0.818. The van der Waals surface area contributed by atoms with Crippen molar-refractivity contribution in [3.05, 3.63) is 35.9 Å². The summed E-state index contributed by atoms with van der Waals surface area (Å²) in [5.41, 5.74) is 6.67. The Morgan fingerprint density at radius 1 is 1.24 bits per heavy atom. The van der Waals surface area contributed by atoms with Gasteiger partial charge in [0.1, 0.15) is 0 Å². The first-order valence-electron chi connectivity index (χ1n) is 7.84. The monoisotopic (exact) mass is 290 g/mol. The van der Waals surface area contributed by atoms with Crippen molar-refractivity contribution in [1.82, 2.24) is 4.90 Å². The van der Waals surface area contributed by atoms with Crippen molar-refractivity contribution in [3.63, 3.8) is 0 Å². The van der Waals surface area contributed by atoms with Crippen LogP contribution in [0.4, 0.5) is 4.79 Å². The van der Waals surface area contributed by atoms with E-state index in [0.717, 1.165) is 24.3 Å². The van der Waals surface area contributed by atoms with Crippen LogP contribution in [0.5, 0.6) is 0 Å². The van der Waals surface area contributed by atoms with Gasteiger partial charge in [-0.05, 0) is 37.2 Å². The second kappa shape index (κ2) is 8.03. The molecule has 0 radical (unpaired) electrons. The van der Waals surface area contributed by atoms with E-state index in [-0.39, 0.29) is 6.03 Å². The number of hydrogen-bond donors (Lipinski definition) is 1. The average Bonchev–Trinajstić information content (AvgIpc) is 2.49. The molecule has 0 aliphatic heterocycles. The minimum absolute atomic E-state index is 0.291. The van der Waals surface area contributed by atoms with Gasteiger partial charge < -0.3 is 15.4 Å². The molecule has 2 amide bonds. The third kappa shape index (κ3) is 5.05. The van der Waals surface area contributed by atoms with Crippen LogP contribution in [-0.2, 0) is 11.3 Å². The Bertz CT molecular complexity index is 428. The summed E-state index contributed by atoms with van der Waals surface area (Å²) in [5.74, 6) is 0.769. The Kier molecular flexibility index (Phi) is 6.05. The molecule has 1 aliphatic carbocycles. The van der Waals surface area contributed by atoms with E-state index in [2.05, 4.69) is 6.92 Å². The zero-order chi connectivity index (χ0) is 15.1. The summed E-state index contributed by atoms with van der Waals surface area (Å²) in [7, 11) is 0. The number of nitrogens with zero attached hydrogens (tertiary/aromatic N) is 1. The number of rotatable bonds is 6. The normalized spacial score (nSPS) is 22.0. The number of amides is 2. The topological polar surface area (TPSA) is 55.6 Å². The minimum Gasteiger partial charge on any atom is -0.375 e. The maximum absolute atomic E-state index is 11.6. The molecule has 0 aromatic heterocycles. The predicted molar refractivity (Wildman–Crippen MR) is 83.8 cm³/mol. The number of carbonyl (C=O) groups excluding carboxylic acids is 1. The maximum Gasteiger partial charge on any atom is 0.315 e. The van der Waals surface area contributed by atoms with Crippen molar-refractivity contribution >= 4 is 6.03 Å². The van der Waals surface area contributed by atoms with Crippen LogP contribution >= 0.6 is 0 Å². The highest BCUT2D eigenvalue weighted by Gasteiger charge is 2.25. The molecule has 116 valence electrons. The van der Waals surface area contributed by atoms with E-state index in [9.17, 15) is 4.79 Å². The number of carbonyl (C=O) groups is 1. The Hall–Kier alpha value is -1.55. The molecule has 4 nitrogen and oxygen atoms in total. The van der Waals surface area contributed by atoms with Gasteiger partial charge in [-0.25, -0.2) is 4.79 Å². The summed E-state index contributed by atoms with van der Waals surface area (Å²) in [6.07, 6.45) is 4.48. The van der Waals surface area contributed by atoms with Crippen molar-refractivity contribution in [3.8, 4) is 0 Å². The van der Waals surface area contributed by atoms with Gasteiger partial charge in [-0.15, -0.1) is 0 Å².